The van der Waals surface area contributed by atoms with Crippen molar-refractivity contribution in [2.45, 2.75) is 19.5 Å². The smallest absolute Gasteiger partial charge is 0.416 e. The van der Waals surface area contributed by atoms with Crippen LogP contribution in [0.2, 0.25) is 0 Å². The predicted molar refractivity (Wildman–Crippen MR) is 64.9 cm³/mol. The summed E-state index contributed by atoms with van der Waals surface area (Å²) in [5.74, 6) is -0.917. The molecular weight excluding hydrogens is 261 g/mol. The first-order chi connectivity index (χ1) is 8.84. The van der Waals surface area contributed by atoms with Crippen LogP contribution >= 0.6 is 0 Å². The lowest BCUT2D eigenvalue weighted by Crippen LogP contribution is -2.28. The van der Waals surface area contributed by atoms with Crippen LogP contribution in [0.3, 0.4) is 0 Å². The molecule has 4 nitrogen and oxygen atoms in total. The highest BCUT2D eigenvalue weighted by Gasteiger charge is 2.31. The van der Waals surface area contributed by atoms with E-state index in [1.165, 1.54) is 0 Å². The van der Waals surface area contributed by atoms with Crippen LogP contribution in [0.25, 0.3) is 0 Å². The zero-order chi connectivity index (χ0) is 14.5. The van der Waals surface area contributed by atoms with Gasteiger partial charge in [-0.3, -0.25) is 4.79 Å². The first-order valence-corrected chi connectivity index (χ1v) is 5.75. The fraction of sp³-hybridized carbons (Fsp3) is 0.417. The lowest BCUT2D eigenvalue weighted by Gasteiger charge is -2.11. The molecule has 0 aromatic heterocycles. The number of benzene rings is 1. The topological polar surface area (TPSA) is 61.4 Å². The fourth-order valence-corrected chi connectivity index (χ4v) is 1.39. The van der Waals surface area contributed by atoms with Crippen LogP contribution in [0.15, 0.2) is 18.2 Å². The van der Waals surface area contributed by atoms with Gasteiger partial charge in [0.05, 0.1) is 17.8 Å². The third-order valence-electron chi connectivity index (χ3n) is 2.31. The molecule has 0 radical (unpaired) electrons. The Hall–Kier alpha value is -1.76. The lowest BCUT2D eigenvalue weighted by molar-refractivity contribution is -0.137. The largest absolute Gasteiger partial charge is 0.506 e. The maximum absolute atomic E-state index is 12.5. The molecule has 106 valence electrons. The van der Waals surface area contributed by atoms with Crippen LogP contribution < -0.4 is 10.6 Å². The minimum atomic E-state index is -4.52. The van der Waals surface area contributed by atoms with Crippen LogP contribution in [0.4, 0.5) is 18.9 Å². The Morgan fingerprint density at radius 3 is 2.63 bits per heavy atom. The van der Waals surface area contributed by atoms with E-state index >= 15 is 0 Å². The summed E-state index contributed by atoms with van der Waals surface area (Å²) in [7, 11) is 0. The van der Waals surface area contributed by atoms with Gasteiger partial charge < -0.3 is 15.7 Å². The first-order valence-electron chi connectivity index (χ1n) is 5.75. The number of anilines is 1. The number of halogens is 3. The Kier molecular flexibility index (Phi) is 5.17. The maximum Gasteiger partial charge on any atom is 0.416 e. The average Bonchev–Trinajstić information content (AvgIpc) is 2.31. The molecule has 0 saturated heterocycles. The van der Waals surface area contributed by atoms with E-state index in [9.17, 15) is 23.1 Å². The number of aromatic hydroxyl groups is 1. The van der Waals surface area contributed by atoms with Gasteiger partial charge in [-0.1, -0.05) is 6.92 Å². The first kappa shape index (κ1) is 15.3. The van der Waals surface area contributed by atoms with Gasteiger partial charge in [0.25, 0.3) is 0 Å². The number of amides is 1. The van der Waals surface area contributed by atoms with E-state index in [1.54, 1.807) is 0 Å². The summed E-state index contributed by atoms with van der Waals surface area (Å²) in [4.78, 5) is 11.4. The Morgan fingerprint density at radius 2 is 2.05 bits per heavy atom. The van der Waals surface area contributed by atoms with Crippen molar-refractivity contribution < 1.29 is 23.1 Å². The van der Waals surface area contributed by atoms with Crippen molar-refractivity contribution in [3.63, 3.8) is 0 Å². The molecule has 0 aliphatic carbocycles. The molecule has 0 fully saturated rings. The summed E-state index contributed by atoms with van der Waals surface area (Å²) in [6, 6.07) is 2.35. The Labute approximate surface area is 108 Å². The van der Waals surface area contributed by atoms with E-state index in [0.29, 0.717) is 12.6 Å². The number of nitrogens with one attached hydrogen (secondary N) is 2. The number of rotatable bonds is 5. The van der Waals surface area contributed by atoms with Crippen molar-refractivity contribution in [1.29, 1.82) is 0 Å². The Balaban J connectivity index is 2.74. The summed E-state index contributed by atoms with van der Waals surface area (Å²) in [5.41, 5.74) is -1.18. The molecule has 0 aliphatic heterocycles. The van der Waals surface area contributed by atoms with Crippen LogP contribution in [-0.4, -0.2) is 24.1 Å². The number of hydrogen-bond acceptors (Lipinski definition) is 3. The number of hydrogen-bond donors (Lipinski definition) is 3. The van der Waals surface area contributed by atoms with Crippen LogP contribution in [0.1, 0.15) is 18.9 Å². The number of phenolic OH excluding ortho intramolecular Hbond substituents is 1. The molecule has 0 aliphatic rings. The van der Waals surface area contributed by atoms with Gasteiger partial charge in [0.15, 0.2) is 0 Å². The van der Waals surface area contributed by atoms with E-state index in [2.05, 4.69) is 10.6 Å². The highest BCUT2D eigenvalue weighted by molar-refractivity contribution is 5.93. The van der Waals surface area contributed by atoms with Crippen LogP contribution in [0.5, 0.6) is 5.75 Å². The molecular formula is C12H15F3N2O2. The molecule has 19 heavy (non-hydrogen) atoms. The number of carbonyl (C=O) groups is 1. The van der Waals surface area contributed by atoms with Gasteiger partial charge in [0.2, 0.25) is 5.91 Å². The third-order valence-corrected chi connectivity index (χ3v) is 2.31. The molecule has 1 rings (SSSR count). The van der Waals surface area contributed by atoms with Crippen molar-refractivity contribution in [2.75, 3.05) is 18.4 Å². The quantitative estimate of drug-likeness (QED) is 0.571. The second-order valence-electron chi connectivity index (χ2n) is 3.95. The molecule has 7 heteroatoms. The van der Waals surface area contributed by atoms with Gasteiger partial charge in [0.1, 0.15) is 5.75 Å². The standard InChI is InChI=1S/C12H15F3N2O2/c1-2-5-16-7-11(19)17-9-6-8(12(13,14)15)3-4-10(9)18/h3-4,6,16,18H,2,5,7H2,1H3,(H,17,19). The summed E-state index contributed by atoms with van der Waals surface area (Å²) >= 11 is 0. The Morgan fingerprint density at radius 1 is 1.37 bits per heavy atom. The predicted octanol–water partition coefficient (Wildman–Crippen LogP) is 2.35. The monoisotopic (exact) mass is 276 g/mol. The normalized spacial score (nSPS) is 11.4. The summed E-state index contributed by atoms with van der Waals surface area (Å²) < 4.78 is 37.4. The molecule has 1 amide bonds. The third kappa shape index (κ3) is 4.78. The van der Waals surface area contributed by atoms with E-state index in [1.807, 2.05) is 6.92 Å². The van der Waals surface area contributed by atoms with Gasteiger partial charge in [-0.2, -0.15) is 13.2 Å². The zero-order valence-corrected chi connectivity index (χ0v) is 10.3. The minimum Gasteiger partial charge on any atom is -0.506 e. The maximum atomic E-state index is 12.5. The molecule has 0 atom stereocenters. The number of carbonyl (C=O) groups excluding carboxylic acids is 1. The van der Waals surface area contributed by atoms with Gasteiger partial charge in [-0.15, -0.1) is 0 Å². The van der Waals surface area contributed by atoms with E-state index < -0.39 is 23.4 Å². The van der Waals surface area contributed by atoms with E-state index in [4.69, 9.17) is 0 Å². The molecule has 0 bridgehead atoms. The molecule has 1 aromatic rings. The minimum absolute atomic E-state index is 0.0243. The van der Waals surface area contributed by atoms with Gasteiger partial charge in [-0.25, -0.2) is 0 Å². The fourth-order valence-electron chi connectivity index (χ4n) is 1.39. The summed E-state index contributed by atoms with van der Waals surface area (Å²) in [6.45, 7) is 2.52. The molecule has 0 heterocycles. The Bertz CT molecular complexity index is 447. The van der Waals surface area contributed by atoms with Crippen molar-refractivity contribution >= 4 is 11.6 Å². The lowest BCUT2D eigenvalue weighted by atomic mass is 10.2. The van der Waals surface area contributed by atoms with Crippen LogP contribution in [0, 0.1) is 0 Å². The molecule has 3 N–H and O–H groups in total. The number of alkyl halides is 3. The molecule has 0 spiro atoms. The summed E-state index contributed by atoms with van der Waals surface area (Å²) in [5, 5.41) is 14.5. The highest BCUT2D eigenvalue weighted by atomic mass is 19.4. The molecule has 0 unspecified atom stereocenters. The van der Waals surface area contributed by atoms with Crippen molar-refractivity contribution in [2.24, 2.45) is 0 Å². The summed E-state index contributed by atoms with van der Waals surface area (Å²) in [6.07, 6.45) is -3.68. The van der Waals surface area contributed by atoms with Gasteiger partial charge in [0, 0.05) is 0 Å². The van der Waals surface area contributed by atoms with E-state index in [-0.39, 0.29) is 12.2 Å². The molecule has 1 aromatic carbocycles. The second-order valence-corrected chi connectivity index (χ2v) is 3.95. The second kappa shape index (κ2) is 6.42. The van der Waals surface area contributed by atoms with Gasteiger partial charge >= 0.3 is 6.18 Å². The SMILES string of the molecule is CCCNCC(=O)Nc1cc(C(F)(F)F)ccc1O. The van der Waals surface area contributed by atoms with Gasteiger partial charge in [-0.05, 0) is 31.2 Å². The van der Waals surface area contributed by atoms with Crippen molar-refractivity contribution in [3.05, 3.63) is 23.8 Å². The van der Waals surface area contributed by atoms with Crippen LogP contribution in [-0.2, 0) is 11.0 Å². The van der Waals surface area contributed by atoms with E-state index in [0.717, 1.165) is 18.6 Å². The van der Waals surface area contributed by atoms with Crippen molar-refractivity contribution in [3.8, 4) is 5.75 Å². The highest BCUT2D eigenvalue weighted by Crippen LogP contribution is 2.34. The average molecular weight is 276 g/mol. The van der Waals surface area contributed by atoms with Crippen molar-refractivity contribution in [1.82, 2.24) is 5.32 Å². The zero-order valence-electron chi connectivity index (χ0n) is 10.3. The molecule has 0 saturated carbocycles. The number of phenols is 1.